The third-order valence-corrected chi connectivity index (χ3v) is 0. The first-order chi connectivity index (χ1) is 6.00. The molecule has 0 aromatic carbocycles. The summed E-state index contributed by atoms with van der Waals surface area (Å²) in [5, 5.41) is 0. The van der Waals surface area contributed by atoms with Crippen molar-refractivity contribution in [3.63, 3.8) is 0 Å². The Morgan fingerprint density at radius 2 is 0.308 bits per heavy atom. The van der Waals surface area contributed by atoms with Crippen molar-refractivity contribution in [2.24, 2.45) is 0 Å². The molecule has 13 heavy (non-hydrogen) atoms. The first kappa shape index (κ1) is 44.6. The van der Waals surface area contributed by atoms with Gasteiger partial charge in [-0.05, 0) is 0 Å². The van der Waals surface area contributed by atoms with Gasteiger partial charge in [-0.1, -0.05) is 0 Å². The number of halogens is 6. The van der Waals surface area contributed by atoms with Crippen molar-refractivity contribution < 1.29 is 68.3 Å². The first-order valence-corrected chi connectivity index (χ1v) is 3.04. The molecule has 0 bridgehead atoms. The summed E-state index contributed by atoms with van der Waals surface area (Å²) in [6.07, 6.45) is 0. The molecule has 0 heterocycles. The molecule has 0 radical (unpaired) electrons. The summed E-state index contributed by atoms with van der Waals surface area (Å²) in [6, 6.07) is 0. The number of rotatable bonds is 0. The third-order valence-electron chi connectivity index (χ3n) is 0. The van der Waals surface area contributed by atoms with Gasteiger partial charge >= 0.3 is 0 Å². The Morgan fingerprint density at radius 3 is 0.308 bits per heavy atom. The van der Waals surface area contributed by atoms with E-state index < -0.39 is 0 Å². The van der Waals surface area contributed by atoms with E-state index in [-0.39, 0.29) is 40.4 Å². The maximum Gasteiger partial charge on any atom is 0.0579 e. The second-order valence-corrected chi connectivity index (χ2v) is 0. The summed E-state index contributed by atoms with van der Waals surface area (Å²) in [6.45, 7) is 0. The molecule has 0 aromatic heterocycles. The van der Waals surface area contributed by atoms with Gasteiger partial charge in [-0.15, -0.1) is 0 Å². The molecular formula is H6Cl6O6Sm. The van der Waals surface area contributed by atoms with E-state index in [9.17, 15) is 0 Å². The first-order valence-electron chi connectivity index (χ1n) is 1.01. The van der Waals surface area contributed by atoms with E-state index in [1.54, 1.807) is 0 Å². The minimum absolute atomic E-state index is 0. The average Bonchev–Trinajstić information content (AvgIpc) is 2.33. The van der Waals surface area contributed by atoms with Crippen LogP contribution in [0.2, 0.25) is 0 Å². The summed E-state index contributed by atoms with van der Waals surface area (Å²) in [4.78, 5) is 0. The summed E-state index contributed by atoms with van der Waals surface area (Å²) in [5.74, 6) is 0. The van der Waals surface area contributed by atoms with Gasteiger partial charge in [0.15, 0.2) is 0 Å². The van der Waals surface area contributed by atoms with Crippen LogP contribution in [0, 0.1) is 40.4 Å². The zero-order valence-corrected chi connectivity index (χ0v) is 12.5. The molecule has 0 saturated carbocycles. The molecule has 0 aliphatic carbocycles. The van der Waals surface area contributed by atoms with Gasteiger partial charge in [0.2, 0.25) is 0 Å². The molecule has 0 aromatic rings. The molecule has 90 valence electrons. The molecule has 0 atom stereocenters. The molecule has 0 unspecified atom stereocenters. The van der Waals surface area contributed by atoms with E-state index in [4.69, 9.17) is 28.0 Å². The quantitative estimate of drug-likeness (QED) is 0.315. The van der Waals surface area contributed by atoms with E-state index in [2.05, 4.69) is 71.2 Å². The average molecular weight is 465 g/mol. The fraction of sp³-hybridized carbons (Fsp3) is 0. The van der Waals surface area contributed by atoms with Gasteiger partial charge < -0.3 is 0 Å². The number of hydrogen-bond donors (Lipinski definition) is 6. The van der Waals surface area contributed by atoms with Crippen molar-refractivity contribution in [3.05, 3.63) is 0 Å². The second kappa shape index (κ2) is 353. The van der Waals surface area contributed by atoms with Crippen LogP contribution in [0.15, 0.2) is 0 Å². The summed E-state index contributed by atoms with van der Waals surface area (Å²) in [7, 11) is 0. The molecule has 13 heteroatoms. The Bertz CT molecular complexity index is 17.1. The maximum atomic E-state index is 6.47. The SMILES string of the molecule is OCl.OCl.OCl.OCl.OCl.OCl.[Sm]. The van der Waals surface area contributed by atoms with Crippen LogP contribution in [0.5, 0.6) is 0 Å². The molecular weight excluding hydrogens is 459 g/mol. The van der Waals surface area contributed by atoms with Gasteiger partial charge in [0, 0.05) is 40.4 Å². The van der Waals surface area contributed by atoms with Crippen LogP contribution in [-0.2, 0) is 0 Å². The molecule has 0 spiro atoms. The Labute approximate surface area is 138 Å². The Kier molecular flexibility index (Phi) is 1210. The summed E-state index contributed by atoms with van der Waals surface area (Å²) >= 11 is 21.8. The van der Waals surface area contributed by atoms with Crippen LogP contribution in [-0.4, -0.2) is 28.0 Å². The molecule has 0 aliphatic rings. The zero-order chi connectivity index (χ0) is 12.0. The van der Waals surface area contributed by atoms with Crippen molar-refractivity contribution in [2.75, 3.05) is 0 Å². The van der Waals surface area contributed by atoms with Crippen molar-refractivity contribution in [3.8, 4) is 0 Å². The van der Waals surface area contributed by atoms with Gasteiger partial charge in [-0.2, -0.15) is 0 Å². The van der Waals surface area contributed by atoms with E-state index in [0.717, 1.165) is 0 Å². The molecule has 6 nitrogen and oxygen atoms in total. The molecule has 0 fully saturated rings. The van der Waals surface area contributed by atoms with Crippen LogP contribution >= 0.6 is 71.2 Å². The number of hydrogen-bond acceptors (Lipinski definition) is 6. The predicted molar refractivity (Wildman–Crippen MR) is 48.4 cm³/mol. The van der Waals surface area contributed by atoms with Crippen molar-refractivity contribution in [1.82, 2.24) is 0 Å². The fourth-order valence-corrected chi connectivity index (χ4v) is 0. The predicted octanol–water partition coefficient (Wildman–Crippen LogP) is 0.795. The van der Waals surface area contributed by atoms with E-state index >= 15 is 0 Å². The molecule has 0 rings (SSSR count). The topological polar surface area (TPSA) is 121 Å². The van der Waals surface area contributed by atoms with E-state index in [1.165, 1.54) is 0 Å². The largest absolute Gasteiger partial charge is 0.295 e. The standard InChI is InChI=1S/6ClHO.Sm/c6*1-2;/h6*2H;. The fourth-order valence-electron chi connectivity index (χ4n) is 0. The van der Waals surface area contributed by atoms with Crippen LogP contribution in [0.3, 0.4) is 0 Å². The van der Waals surface area contributed by atoms with Gasteiger partial charge in [-0.25, -0.2) is 0 Å². The Morgan fingerprint density at radius 1 is 0.308 bits per heavy atom. The third kappa shape index (κ3) is 304. The van der Waals surface area contributed by atoms with Crippen molar-refractivity contribution in [1.29, 1.82) is 0 Å². The molecule has 6 N–H and O–H groups in total. The second-order valence-electron chi connectivity index (χ2n) is 0. The smallest absolute Gasteiger partial charge is 0.0579 e. The monoisotopic (exact) mass is 464 g/mol. The van der Waals surface area contributed by atoms with Crippen LogP contribution in [0.1, 0.15) is 0 Å². The Balaban J connectivity index is -0.00000000655. The van der Waals surface area contributed by atoms with Crippen molar-refractivity contribution in [2.45, 2.75) is 0 Å². The minimum atomic E-state index is 0. The normalized spacial score (nSPS) is 2.77. The summed E-state index contributed by atoms with van der Waals surface area (Å²) < 4.78 is 38.8. The van der Waals surface area contributed by atoms with E-state index in [1.807, 2.05) is 0 Å². The van der Waals surface area contributed by atoms with Gasteiger partial charge in [0.05, 0.1) is 71.2 Å². The van der Waals surface area contributed by atoms with Crippen LogP contribution < -0.4 is 0 Å². The molecule has 0 aliphatic heterocycles. The van der Waals surface area contributed by atoms with Crippen LogP contribution in [0.25, 0.3) is 0 Å². The van der Waals surface area contributed by atoms with Gasteiger partial charge in [0.25, 0.3) is 0 Å². The van der Waals surface area contributed by atoms with Gasteiger partial charge in [0.1, 0.15) is 0 Å². The summed E-state index contributed by atoms with van der Waals surface area (Å²) in [5.41, 5.74) is 0. The van der Waals surface area contributed by atoms with Gasteiger partial charge in [-0.3, -0.25) is 28.0 Å². The zero-order valence-electron chi connectivity index (χ0n) is 5.36. The molecule has 0 amide bonds. The van der Waals surface area contributed by atoms with Crippen molar-refractivity contribution >= 4 is 71.2 Å². The Hall–Kier alpha value is 2.84. The minimum Gasteiger partial charge on any atom is -0.295 e. The van der Waals surface area contributed by atoms with E-state index in [0.29, 0.717) is 0 Å². The van der Waals surface area contributed by atoms with Crippen LogP contribution in [0.4, 0.5) is 0 Å². The maximum absolute atomic E-state index is 6.47. The molecule has 0 saturated heterocycles.